The predicted molar refractivity (Wildman–Crippen MR) is 100 cm³/mol. The summed E-state index contributed by atoms with van der Waals surface area (Å²) in [4.78, 5) is 19.8. The number of carbonyl (C=O) groups is 1. The van der Waals surface area contributed by atoms with Crippen LogP contribution in [-0.4, -0.2) is 15.9 Å². The normalized spacial score (nSPS) is 11.1. The van der Waals surface area contributed by atoms with E-state index in [-0.39, 0.29) is 23.3 Å². The number of pyridine rings is 2. The molecule has 0 saturated heterocycles. The summed E-state index contributed by atoms with van der Waals surface area (Å²) in [6, 6.07) is 10.9. The summed E-state index contributed by atoms with van der Waals surface area (Å²) in [5, 5.41) is 5.50. The first-order valence-corrected chi connectivity index (χ1v) is 8.47. The van der Waals surface area contributed by atoms with Gasteiger partial charge in [-0.3, -0.25) is 9.78 Å². The van der Waals surface area contributed by atoms with Crippen LogP contribution in [0.15, 0.2) is 61.1 Å². The smallest absolute Gasteiger partial charge is 0.365 e. The van der Waals surface area contributed by atoms with Crippen LogP contribution in [0.25, 0.3) is 0 Å². The quantitative estimate of drug-likeness (QED) is 0.624. The molecule has 0 bridgehead atoms. The van der Waals surface area contributed by atoms with E-state index in [1.807, 2.05) is 0 Å². The molecule has 28 heavy (non-hydrogen) atoms. The van der Waals surface area contributed by atoms with Crippen LogP contribution in [0.2, 0.25) is 5.02 Å². The average molecular weight is 407 g/mol. The first-order chi connectivity index (χ1) is 13.3. The van der Waals surface area contributed by atoms with Crippen LogP contribution in [0.1, 0.15) is 21.5 Å². The molecule has 144 valence electrons. The number of hydrogen-bond donors (Lipinski definition) is 2. The van der Waals surface area contributed by atoms with Crippen LogP contribution in [0.5, 0.6) is 0 Å². The second-order valence-electron chi connectivity index (χ2n) is 5.79. The van der Waals surface area contributed by atoms with Crippen molar-refractivity contribution in [2.75, 3.05) is 10.6 Å². The lowest BCUT2D eigenvalue weighted by molar-refractivity contribution is -0.137. The fourth-order valence-corrected chi connectivity index (χ4v) is 2.55. The zero-order valence-electron chi connectivity index (χ0n) is 14.3. The molecule has 0 unspecified atom stereocenters. The molecule has 0 aliphatic rings. The largest absolute Gasteiger partial charge is 0.417 e. The molecule has 0 aliphatic carbocycles. The van der Waals surface area contributed by atoms with E-state index in [1.54, 1.807) is 48.8 Å². The van der Waals surface area contributed by atoms with Gasteiger partial charge in [0.05, 0.1) is 10.6 Å². The molecule has 0 fully saturated rings. The SMILES string of the molecule is O=C(Nc1ccncc1)c1ccc(CNc2ncc(C(F)(F)F)cc2Cl)cc1. The van der Waals surface area contributed by atoms with Gasteiger partial charge in [-0.25, -0.2) is 4.98 Å². The van der Waals surface area contributed by atoms with Gasteiger partial charge >= 0.3 is 6.18 Å². The maximum atomic E-state index is 12.6. The highest BCUT2D eigenvalue weighted by Crippen LogP contribution is 2.32. The lowest BCUT2D eigenvalue weighted by Gasteiger charge is -2.11. The Morgan fingerprint density at radius 3 is 2.36 bits per heavy atom. The van der Waals surface area contributed by atoms with Crippen molar-refractivity contribution in [2.24, 2.45) is 0 Å². The number of aromatic nitrogens is 2. The molecule has 0 aliphatic heterocycles. The van der Waals surface area contributed by atoms with E-state index in [2.05, 4.69) is 20.6 Å². The van der Waals surface area contributed by atoms with Crippen LogP contribution in [-0.2, 0) is 12.7 Å². The minimum atomic E-state index is -4.50. The van der Waals surface area contributed by atoms with Gasteiger partial charge in [-0.15, -0.1) is 0 Å². The standard InChI is InChI=1S/C19H14ClF3N4O/c20-16-9-14(19(21,22)23)11-26-17(16)25-10-12-1-3-13(4-2-12)18(28)27-15-5-7-24-8-6-15/h1-9,11H,10H2,(H,25,26)(H,24,27,28). The summed E-state index contributed by atoms with van der Waals surface area (Å²) in [5.74, 6) is -0.118. The highest BCUT2D eigenvalue weighted by Gasteiger charge is 2.31. The number of amides is 1. The second-order valence-corrected chi connectivity index (χ2v) is 6.20. The Balaban J connectivity index is 1.61. The molecule has 1 amide bonds. The van der Waals surface area contributed by atoms with Crippen molar-refractivity contribution in [2.45, 2.75) is 12.7 Å². The highest BCUT2D eigenvalue weighted by molar-refractivity contribution is 6.32. The molecular formula is C19H14ClF3N4O. The van der Waals surface area contributed by atoms with E-state index in [9.17, 15) is 18.0 Å². The maximum Gasteiger partial charge on any atom is 0.417 e. The lowest BCUT2D eigenvalue weighted by Crippen LogP contribution is -2.12. The number of halogens is 4. The van der Waals surface area contributed by atoms with Crippen molar-refractivity contribution < 1.29 is 18.0 Å². The molecule has 2 aromatic heterocycles. The van der Waals surface area contributed by atoms with Crippen LogP contribution in [0, 0.1) is 0 Å². The van der Waals surface area contributed by atoms with Crippen LogP contribution in [0.4, 0.5) is 24.7 Å². The molecule has 1 aromatic carbocycles. The van der Waals surface area contributed by atoms with Crippen molar-refractivity contribution in [3.05, 3.63) is 82.8 Å². The van der Waals surface area contributed by atoms with Crippen LogP contribution in [0.3, 0.4) is 0 Å². The number of nitrogens with one attached hydrogen (secondary N) is 2. The van der Waals surface area contributed by atoms with E-state index in [4.69, 9.17) is 11.6 Å². The van der Waals surface area contributed by atoms with Crippen molar-refractivity contribution in [3.8, 4) is 0 Å². The van der Waals surface area contributed by atoms with Crippen molar-refractivity contribution in [1.29, 1.82) is 0 Å². The van der Waals surface area contributed by atoms with E-state index >= 15 is 0 Å². The fourth-order valence-electron chi connectivity index (χ4n) is 2.32. The molecule has 2 N–H and O–H groups in total. The predicted octanol–water partition coefficient (Wildman–Crippen LogP) is 5.01. The Kier molecular flexibility index (Phi) is 5.79. The third-order valence-electron chi connectivity index (χ3n) is 3.78. The van der Waals surface area contributed by atoms with Gasteiger partial charge < -0.3 is 10.6 Å². The first-order valence-electron chi connectivity index (χ1n) is 8.10. The number of rotatable bonds is 5. The van der Waals surface area contributed by atoms with E-state index < -0.39 is 11.7 Å². The molecule has 0 atom stereocenters. The van der Waals surface area contributed by atoms with Gasteiger partial charge in [-0.2, -0.15) is 13.2 Å². The summed E-state index contributed by atoms with van der Waals surface area (Å²) in [6.07, 6.45) is -0.627. The number of benzene rings is 1. The van der Waals surface area contributed by atoms with E-state index in [0.717, 1.165) is 17.8 Å². The van der Waals surface area contributed by atoms with Gasteiger partial charge in [-0.1, -0.05) is 23.7 Å². The number of carbonyl (C=O) groups excluding carboxylic acids is 1. The molecule has 2 heterocycles. The molecule has 5 nitrogen and oxygen atoms in total. The van der Waals surface area contributed by atoms with Crippen LogP contribution >= 0.6 is 11.6 Å². The zero-order chi connectivity index (χ0) is 20.1. The fraction of sp³-hybridized carbons (Fsp3) is 0.105. The van der Waals surface area contributed by atoms with Crippen molar-refractivity contribution in [1.82, 2.24) is 9.97 Å². The number of anilines is 2. The summed E-state index contributed by atoms with van der Waals surface area (Å²) < 4.78 is 37.9. The summed E-state index contributed by atoms with van der Waals surface area (Å²) >= 11 is 5.86. The second kappa shape index (κ2) is 8.26. The first kappa shape index (κ1) is 19.6. The molecule has 3 rings (SSSR count). The third kappa shape index (κ3) is 4.98. The Morgan fingerprint density at radius 1 is 1.07 bits per heavy atom. The van der Waals surface area contributed by atoms with Crippen molar-refractivity contribution in [3.63, 3.8) is 0 Å². The Hall–Kier alpha value is -3.13. The van der Waals surface area contributed by atoms with Gasteiger partial charge in [0.25, 0.3) is 5.91 Å². The Bertz CT molecular complexity index is 963. The number of nitrogens with zero attached hydrogens (tertiary/aromatic N) is 2. The van der Waals surface area contributed by atoms with E-state index in [1.165, 1.54) is 0 Å². The molecule has 0 spiro atoms. The minimum absolute atomic E-state index is 0.122. The summed E-state index contributed by atoms with van der Waals surface area (Å²) in [5.41, 5.74) is 0.992. The molecule has 9 heteroatoms. The average Bonchev–Trinajstić information content (AvgIpc) is 2.67. The van der Waals surface area contributed by atoms with E-state index in [0.29, 0.717) is 11.3 Å². The van der Waals surface area contributed by atoms with Crippen LogP contribution < -0.4 is 10.6 Å². The topological polar surface area (TPSA) is 66.9 Å². The summed E-state index contributed by atoms with van der Waals surface area (Å²) in [6.45, 7) is 0.282. The molecule has 0 saturated carbocycles. The third-order valence-corrected chi connectivity index (χ3v) is 4.07. The van der Waals surface area contributed by atoms with Gasteiger partial charge in [0.2, 0.25) is 0 Å². The lowest BCUT2D eigenvalue weighted by atomic mass is 10.1. The van der Waals surface area contributed by atoms with Gasteiger partial charge in [0.15, 0.2) is 0 Å². The van der Waals surface area contributed by atoms with Crippen molar-refractivity contribution >= 4 is 29.0 Å². The number of hydrogen-bond acceptors (Lipinski definition) is 4. The monoisotopic (exact) mass is 406 g/mol. The van der Waals surface area contributed by atoms with Gasteiger partial charge in [0, 0.05) is 36.4 Å². The molecule has 3 aromatic rings. The number of alkyl halides is 3. The minimum Gasteiger partial charge on any atom is -0.365 e. The maximum absolute atomic E-state index is 12.6. The zero-order valence-corrected chi connectivity index (χ0v) is 15.1. The summed E-state index contributed by atoms with van der Waals surface area (Å²) in [7, 11) is 0. The Labute approximate surface area is 163 Å². The highest BCUT2D eigenvalue weighted by atomic mass is 35.5. The Morgan fingerprint density at radius 2 is 1.75 bits per heavy atom. The molecular weight excluding hydrogens is 393 g/mol. The van der Waals surface area contributed by atoms with Gasteiger partial charge in [-0.05, 0) is 35.9 Å². The van der Waals surface area contributed by atoms with Gasteiger partial charge in [0.1, 0.15) is 5.82 Å². The molecule has 0 radical (unpaired) electrons.